The molecular weight excluding hydrogens is 1790 g/mol. The molecule has 0 spiro atoms. The van der Waals surface area contributed by atoms with Crippen molar-refractivity contribution < 1.29 is 82.7 Å². The maximum absolute atomic E-state index is 8.79. The molecule has 0 saturated carbocycles. The molecular formula is C127H128N12O6+6. The summed E-state index contributed by atoms with van der Waals surface area (Å²) in [5.74, 6) is -9.83. The number of para-hydroxylation sites is 1. The Morgan fingerprint density at radius 2 is 0.628 bits per heavy atom. The minimum atomic E-state index is -2.48. The van der Waals surface area contributed by atoms with Crippen molar-refractivity contribution in [1.82, 2.24) is 29.9 Å². The molecule has 0 fully saturated rings. The standard InChI is InChI=1S/C22H23N2O.5C21H21N2O/c1-13(2)19-8-7-16-18-10-15(4)17(11-21(18)25-22(16)23-19)20-9-6-14(3)12-24(20)5;1-13(2)18-19(16-10-7-8-12-23(16)4)14(3)22-20-15-9-5-6-11-17(15)24-21(18)20;1-13(2)17-8-9-19-21(22-17)16-11-14(3)15(12-20(16)24-19)18-7-5-6-10-23(18)4;1-13(2)18-9-8-15-17-11-14(3)16(12-20(17)24-21(15)22-18)19-7-5-6-10-23(19)4;1-13(2)18-10-17-16-9-14(3)15(19-7-5-6-8-23(19)4)11-20(16)24-21(17)12-22-18;1-13(2)18-11-21-17(12-22-18)16-9-14(3)15(10-20(16)24-21)19-7-5-6-8-23(19)4/h6-13H,1-5H3;5*5-13H,1-4H3/q6*+1/i1D3,13D;13D;4*1D3,13D. The highest BCUT2D eigenvalue weighted by Crippen LogP contribution is 2.44. The van der Waals surface area contributed by atoms with Gasteiger partial charge in [0.2, 0.25) is 45.6 Å². The van der Waals surface area contributed by atoms with Gasteiger partial charge in [-0.05, 0) is 263 Å². The number of rotatable bonds is 12. The Bertz CT molecular complexity index is 9660. The predicted molar refractivity (Wildman–Crippen MR) is 586 cm³/mol. The predicted octanol–water partition coefficient (Wildman–Crippen LogP) is 29.7. The third-order valence-electron chi connectivity index (χ3n) is 26.7. The number of benzene rings is 6. The summed E-state index contributed by atoms with van der Waals surface area (Å²) in [4.78, 5) is 26.6. The first-order valence-corrected chi connectivity index (χ1v) is 48.0. The Balaban J connectivity index is 0.000000122. The van der Waals surface area contributed by atoms with Gasteiger partial charge in [-0.1, -0.05) is 94.9 Å². The zero-order valence-electron chi connectivity index (χ0n) is 106. The van der Waals surface area contributed by atoms with E-state index >= 15 is 0 Å². The molecule has 5 unspecified atom stereocenters. The molecule has 145 heavy (non-hydrogen) atoms. The van der Waals surface area contributed by atoms with Crippen molar-refractivity contribution in [3.8, 4) is 67.5 Å². The van der Waals surface area contributed by atoms with Gasteiger partial charge in [0.15, 0.2) is 53.9 Å². The van der Waals surface area contributed by atoms with Crippen molar-refractivity contribution in [2.45, 2.75) is 167 Å². The van der Waals surface area contributed by atoms with Crippen LogP contribution in [0.4, 0.5) is 0 Å². The first kappa shape index (κ1) is 74.8. The molecule has 18 nitrogen and oxygen atoms in total. The molecule has 18 heteroatoms. The van der Waals surface area contributed by atoms with Crippen LogP contribution in [0.5, 0.6) is 0 Å². The van der Waals surface area contributed by atoms with E-state index < -0.39 is 69.6 Å². The van der Waals surface area contributed by atoms with Crippen molar-refractivity contribution in [3.05, 3.63) is 359 Å². The van der Waals surface area contributed by atoms with Crippen LogP contribution in [0.15, 0.2) is 313 Å². The van der Waals surface area contributed by atoms with Gasteiger partial charge in [-0.15, -0.1) is 0 Å². The maximum atomic E-state index is 8.79. The van der Waals surface area contributed by atoms with Gasteiger partial charge in [0.1, 0.15) is 92.4 Å². The van der Waals surface area contributed by atoms with E-state index in [0.29, 0.717) is 67.2 Å². The van der Waals surface area contributed by atoms with Crippen LogP contribution < -0.4 is 27.4 Å². The summed E-state index contributed by atoms with van der Waals surface area (Å²) in [6.45, 7) is 12.5. The number of fused-ring (bicyclic) bond motifs is 18. The van der Waals surface area contributed by atoms with Crippen LogP contribution in [0.25, 0.3) is 200 Å². The molecule has 5 atom stereocenters. The van der Waals surface area contributed by atoms with Crippen LogP contribution in [0, 0.1) is 48.5 Å². The van der Waals surface area contributed by atoms with Crippen molar-refractivity contribution in [2.24, 2.45) is 42.3 Å². The molecule has 0 bridgehead atoms. The summed E-state index contributed by atoms with van der Waals surface area (Å²) in [5.41, 5.74) is 30.9. The number of pyridine rings is 12. The number of hydrogen-bond acceptors (Lipinski definition) is 12. The summed E-state index contributed by atoms with van der Waals surface area (Å²) in [6, 6.07) is 75.9. The zero-order chi connectivity index (χ0) is 120. The van der Waals surface area contributed by atoms with Crippen LogP contribution in [0.1, 0.15) is 220 Å². The Kier molecular flexibility index (Phi) is 20.8. The first-order chi connectivity index (χ1) is 77.7. The molecule has 0 saturated heterocycles. The number of aryl methyl sites for hydroxylation is 13. The van der Waals surface area contributed by atoms with Crippen LogP contribution in [0.2, 0.25) is 0 Å². The van der Waals surface area contributed by atoms with Crippen LogP contribution in [-0.2, 0) is 42.3 Å². The van der Waals surface area contributed by atoms with E-state index in [1.807, 2.05) is 235 Å². The maximum Gasteiger partial charge on any atom is 0.227 e. The van der Waals surface area contributed by atoms with Gasteiger partial charge in [-0.25, -0.2) is 47.3 Å². The highest BCUT2D eigenvalue weighted by Gasteiger charge is 2.29. The summed E-state index contributed by atoms with van der Waals surface area (Å²) in [6.07, 6.45) is 15.2. The fraction of sp³-hybridized carbons (Fsp3) is 0.244. The first-order valence-electron chi connectivity index (χ1n) is 58.5. The second-order valence-corrected chi connectivity index (χ2v) is 37.6. The van der Waals surface area contributed by atoms with E-state index in [0.717, 1.165) is 172 Å². The van der Waals surface area contributed by atoms with Gasteiger partial charge < -0.3 is 26.5 Å². The van der Waals surface area contributed by atoms with E-state index in [2.05, 4.69) is 147 Å². The van der Waals surface area contributed by atoms with Crippen molar-refractivity contribution >= 4 is 132 Å². The molecule has 24 aromatic rings. The molecule has 0 amide bonds. The highest BCUT2D eigenvalue weighted by molar-refractivity contribution is 6.10. The molecule has 0 N–H and O–H groups in total. The third kappa shape index (κ3) is 19.3. The van der Waals surface area contributed by atoms with Gasteiger partial charge in [-0.3, -0.25) is 9.97 Å². The van der Waals surface area contributed by atoms with Crippen molar-refractivity contribution in [3.63, 3.8) is 0 Å². The molecule has 24 rings (SSSR count). The Morgan fingerprint density at radius 1 is 0.262 bits per heavy atom. The van der Waals surface area contributed by atoms with Gasteiger partial charge in [0, 0.05) is 201 Å². The summed E-state index contributed by atoms with van der Waals surface area (Å²) in [7, 11) is 12.0. The lowest BCUT2D eigenvalue weighted by Gasteiger charge is -2.14. The van der Waals surface area contributed by atoms with Gasteiger partial charge in [-0.2, -0.15) is 0 Å². The van der Waals surface area contributed by atoms with E-state index in [4.69, 9.17) is 60.3 Å². The Hall–Kier alpha value is -16.1. The van der Waals surface area contributed by atoms with Crippen molar-refractivity contribution in [2.75, 3.05) is 0 Å². The number of aromatic nitrogens is 12. The van der Waals surface area contributed by atoms with E-state index in [1.165, 1.54) is 46.4 Å². The minimum absolute atomic E-state index is 0.172. The third-order valence-corrected chi connectivity index (χ3v) is 26.7. The summed E-state index contributed by atoms with van der Waals surface area (Å²) < 4.78 is 213. The van der Waals surface area contributed by atoms with E-state index in [9.17, 15) is 0 Å². The summed E-state index contributed by atoms with van der Waals surface area (Å²) >= 11 is 0. The lowest BCUT2D eigenvalue weighted by atomic mass is 9.93. The minimum Gasteiger partial charge on any atom is -0.456 e. The van der Waals surface area contributed by atoms with Crippen molar-refractivity contribution in [1.29, 1.82) is 0 Å². The molecule has 6 aromatic carbocycles. The lowest BCUT2D eigenvalue weighted by Crippen LogP contribution is -2.31. The quantitative estimate of drug-likeness (QED) is 0.106. The molecule has 0 aliphatic rings. The van der Waals surface area contributed by atoms with Crippen LogP contribution >= 0.6 is 0 Å². The fourth-order valence-electron chi connectivity index (χ4n) is 19.1. The second-order valence-electron chi connectivity index (χ2n) is 37.6. The topological polar surface area (TPSA) is 179 Å². The molecule has 726 valence electrons. The molecule has 0 aliphatic heterocycles. The Labute approximate surface area is 876 Å². The second kappa shape index (κ2) is 40.4. The number of nitrogens with zero attached hydrogens (tertiary/aromatic N) is 12. The average molecular weight is 1940 g/mol. The van der Waals surface area contributed by atoms with Gasteiger partial charge in [0.25, 0.3) is 0 Å². The monoisotopic (exact) mass is 1940 g/mol. The SMILES string of the molecule is [2H]C(C)(C)c1c(-c2cccc[n+]2C)c(C)nc2c1oc1ccccc12.[2H]C([2H])([2H])C([2H])(C)c1cc2c(cn1)oc1cc(-c3cccc[n+]3C)c(C)cc12.[2H]C([2H])([2H])C([2H])(C)c1cc2oc3cc(-c4cccc[n+]4C)c(C)cc3c2cn1.[2H]C([2H])([2H])C([2H])(C)c1ccc2c(n1)oc1cc(-c3ccc(C)c[n+]3C)c(C)cc12.[2H]C([2H])([2H])C([2H])(C)c1ccc2c(n1)oc1cc(-c3cccc[n+]3C)c(C)cc12.[2H]C([2H])([2H])C([2H])(C)c1ccc2oc3cc(-c4cccc[n+]4C)c(C)cc3c2n1. The molecule has 18 heterocycles. The van der Waals surface area contributed by atoms with E-state index in [1.54, 1.807) is 54.7 Å². The summed E-state index contributed by atoms with van der Waals surface area (Å²) in [5, 5.41) is 8.69. The highest BCUT2D eigenvalue weighted by atomic mass is 16.4. The smallest absolute Gasteiger partial charge is 0.227 e. The lowest BCUT2D eigenvalue weighted by molar-refractivity contribution is -0.660. The largest absolute Gasteiger partial charge is 0.456 e. The van der Waals surface area contributed by atoms with Gasteiger partial charge in [0.05, 0.1) is 45.3 Å². The molecule has 0 radical (unpaired) electrons. The Morgan fingerprint density at radius 3 is 1.09 bits per heavy atom. The number of hydrogen-bond donors (Lipinski definition) is 0. The van der Waals surface area contributed by atoms with Crippen LogP contribution in [0.3, 0.4) is 0 Å². The number of furan rings is 6. The normalized spacial score (nSPS) is 16.4. The average Bonchev–Trinajstić information content (AvgIpc) is 1.57. The van der Waals surface area contributed by atoms with Gasteiger partial charge >= 0.3 is 0 Å². The van der Waals surface area contributed by atoms with Crippen LogP contribution in [-0.4, -0.2) is 29.9 Å². The van der Waals surface area contributed by atoms with E-state index in [-0.39, 0.29) is 28.5 Å². The zero-order valence-corrected chi connectivity index (χ0v) is 85.0. The molecule has 18 aromatic heterocycles. The fourth-order valence-corrected chi connectivity index (χ4v) is 19.1. The molecule has 0 aliphatic carbocycles.